The van der Waals surface area contributed by atoms with E-state index in [0.717, 1.165) is 6.07 Å². The van der Waals surface area contributed by atoms with E-state index in [4.69, 9.17) is 0 Å². The second-order valence-corrected chi connectivity index (χ2v) is 3.97. The first-order valence-corrected chi connectivity index (χ1v) is 5.39. The lowest BCUT2D eigenvalue weighted by Gasteiger charge is -2.05. The Morgan fingerprint density at radius 2 is 1.53 bits per heavy atom. The third kappa shape index (κ3) is 2.99. The number of benzene rings is 2. The van der Waals surface area contributed by atoms with Crippen LogP contribution in [0.15, 0.2) is 36.4 Å². The molecule has 0 N–H and O–H groups in total. The molecule has 5 heteroatoms. The quantitative estimate of drug-likeness (QED) is 0.613. The van der Waals surface area contributed by atoms with Crippen molar-refractivity contribution in [2.75, 3.05) is 0 Å². The highest BCUT2D eigenvalue weighted by atomic mass is 19.1. The Morgan fingerprint density at radius 3 is 2.11 bits per heavy atom. The van der Waals surface area contributed by atoms with Crippen molar-refractivity contribution in [2.24, 2.45) is 0 Å². The van der Waals surface area contributed by atoms with E-state index in [1.165, 1.54) is 18.2 Å². The van der Waals surface area contributed by atoms with Crippen LogP contribution in [-0.2, 0) is 6.42 Å². The van der Waals surface area contributed by atoms with E-state index < -0.39 is 34.6 Å². The maximum Gasteiger partial charge on any atom is 0.173 e. The van der Waals surface area contributed by atoms with E-state index in [0.29, 0.717) is 12.1 Å². The molecule has 0 atom stereocenters. The molecule has 1 nitrogen and oxygen atoms in total. The fraction of sp³-hybridized carbons (Fsp3) is 0.0714. The predicted molar refractivity (Wildman–Crippen MR) is 60.8 cm³/mol. The average molecular weight is 268 g/mol. The molecule has 0 radical (unpaired) electrons. The van der Waals surface area contributed by atoms with Gasteiger partial charge in [0.1, 0.15) is 23.3 Å². The van der Waals surface area contributed by atoms with Gasteiger partial charge in [0.15, 0.2) is 5.78 Å². The molecule has 0 saturated carbocycles. The lowest BCUT2D eigenvalue weighted by atomic mass is 10.0. The van der Waals surface area contributed by atoms with Crippen molar-refractivity contribution in [3.05, 3.63) is 70.8 Å². The standard InChI is InChI=1S/C14H8F4O/c15-9-3-1-2-8(4-9)5-13(19)14-11(17)6-10(16)7-12(14)18/h1-4,6-7H,5H2. The Kier molecular flexibility index (Phi) is 3.64. The Labute approximate surface area is 106 Å². The summed E-state index contributed by atoms with van der Waals surface area (Å²) in [6.07, 6.45) is -0.364. The topological polar surface area (TPSA) is 17.1 Å². The summed E-state index contributed by atoms with van der Waals surface area (Å²) in [6.45, 7) is 0. The molecular weight excluding hydrogens is 260 g/mol. The normalized spacial score (nSPS) is 10.5. The smallest absolute Gasteiger partial charge is 0.173 e. The summed E-state index contributed by atoms with van der Waals surface area (Å²) in [7, 11) is 0. The molecule has 0 fully saturated rings. The molecule has 2 aromatic rings. The van der Waals surface area contributed by atoms with Crippen LogP contribution in [0, 0.1) is 23.3 Å². The Morgan fingerprint density at radius 1 is 0.895 bits per heavy atom. The number of Topliss-reactive ketones (excluding diaryl/α,β-unsaturated/α-hetero) is 1. The maximum absolute atomic E-state index is 13.4. The molecule has 0 saturated heterocycles. The van der Waals surface area contributed by atoms with Gasteiger partial charge >= 0.3 is 0 Å². The summed E-state index contributed by atoms with van der Waals surface area (Å²) in [5.41, 5.74) is -0.529. The first kappa shape index (κ1) is 13.3. The van der Waals surface area contributed by atoms with E-state index >= 15 is 0 Å². The fourth-order valence-corrected chi connectivity index (χ4v) is 1.73. The van der Waals surface area contributed by atoms with Gasteiger partial charge in [-0.05, 0) is 17.7 Å². The summed E-state index contributed by atoms with van der Waals surface area (Å²) in [5, 5.41) is 0. The highest BCUT2D eigenvalue weighted by Crippen LogP contribution is 2.17. The summed E-state index contributed by atoms with van der Waals surface area (Å²) in [4.78, 5) is 11.8. The highest BCUT2D eigenvalue weighted by Gasteiger charge is 2.19. The van der Waals surface area contributed by atoms with Crippen molar-refractivity contribution >= 4 is 5.78 Å². The van der Waals surface area contributed by atoms with Gasteiger partial charge in [-0.15, -0.1) is 0 Å². The fourth-order valence-electron chi connectivity index (χ4n) is 1.73. The molecule has 0 aliphatic carbocycles. The van der Waals surface area contributed by atoms with Gasteiger partial charge in [-0.1, -0.05) is 12.1 Å². The van der Waals surface area contributed by atoms with Gasteiger partial charge in [-0.25, -0.2) is 17.6 Å². The van der Waals surface area contributed by atoms with Crippen LogP contribution in [0.1, 0.15) is 15.9 Å². The minimum atomic E-state index is -1.26. The number of carbonyl (C=O) groups excluding carboxylic acids is 1. The molecular formula is C14H8F4O. The summed E-state index contributed by atoms with van der Waals surface area (Å²) < 4.78 is 52.4. The third-order valence-corrected chi connectivity index (χ3v) is 2.54. The predicted octanol–water partition coefficient (Wildman–Crippen LogP) is 3.67. The molecule has 0 spiro atoms. The van der Waals surface area contributed by atoms with Crippen LogP contribution < -0.4 is 0 Å². The van der Waals surface area contributed by atoms with Crippen LogP contribution in [0.5, 0.6) is 0 Å². The zero-order valence-electron chi connectivity index (χ0n) is 9.59. The van der Waals surface area contributed by atoms with Crippen LogP contribution >= 0.6 is 0 Å². The summed E-state index contributed by atoms with van der Waals surface area (Å²) >= 11 is 0. The van der Waals surface area contributed by atoms with Crippen LogP contribution in [-0.4, -0.2) is 5.78 Å². The Hall–Kier alpha value is -2.17. The zero-order valence-corrected chi connectivity index (χ0v) is 9.59. The van der Waals surface area contributed by atoms with Crippen molar-refractivity contribution in [1.82, 2.24) is 0 Å². The monoisotopic (exact) mass is 268 g/mol. The van der Waals surface area contributed by atoms with Crippen LogP contribution in [0.25, 0.3) is 0 Å². The van der Waals surface area contributed by atoms with E-state index in [-0.39, 0.29) is 12.0 Å². The zero-order chi connectivity index (χ0) is 14.0. The molecule has 0 aliphatic rings. The molecule has 98 valence electrons. The molecule has 19 heavy (non-hydrogen) atoms. The minimum absolute atomic E-state index is 0.285. The van der Waals surface area contributed by atoms with Crippen molar-refractivity contribution in [1.29, 1.82) is 0 Å². The molecule has 0 heterocycles. The van der Waals surface area contributed by atoms with Crippen LogP contribution in [0.2, 0.25) is 0 Å². The van der Waals surface area contributed by atoms with Crippen LogP contribution in [0.4, 0.5) is 17.6 Å². The van der Waals surface area contributed by atoms with Gasteiger partial charge in [-0.2, -0.15) is 0 Å². The summed E-state index contributed by atoms with van der Waals surface area (Å²) in [6, 6.07) is 5.99. The molecule has 0 aromatic heterocycles. The van der Waals surface area contributed by atoms with Gasteiger partial charge < -0.3 is 0 Å². The van der Waals surface area contributed by atoms with Crippen molar-refractivity contribution in [3.63, 3.8) is 0 Å². The number of rotatable bonds is 3. The van der Waals surface area contributed by atoms with Crippen molar-refractivity contribution in [2.45, 2.75) is 6.42 Å². The van der Waals surface area contributed by atoms with E-state index in [1.54, 1.807) is 0 Å². The minimum Gasteiger partial charge on any atom is -0.294 e. The average Bonchev–Trinajstić information content (AvgIpc) is 2.27. The molecule has 0 aliphatic heterocycles. The van der Waals surface area contributed by atoms with Gasteiger partial charge in [0, 0.05) is 18.6 Å². The second-order valence-electron chi connectivity index (χ2n) is 3.97. The van der Waals surface area contributed by atoms with Crippen molar-refractivity contribution in [3.8, 4) is 0 Å². The summed E-state index contributed by atoms with van der Waals surface area (Å²) in [5.74, 6) is -5.05. The Bertz CT molecular complexity index is 614. The van der Waals surface area contributed by atoms with Crippen molar-refractivity contribution < 1.29 is 22.4 Å². The maximum atomic E-state index is 13.4. The van der Waals surface area contributed by atoms with E-state index in [2.05, 4.69) is 0 Å². The number of halogens is 4. The molecule has 2 rings (SSSR count). The third-order valence-electron chi connectivity index (χ3n) is 2.54. The molecule has 0 bridgehead atoms. The number of ketones is 1. The second kappa shape index (κ2) is 5.22. The number of hydrogen-bond acceptors (Lipinski definition) is 1. The SMILES string of the molecule is O=C(Cc1cccc(F)c1)c1c(F)cc(F)cc1F. The molecule has 0 amide bonds. The molecule has 0 unspecified atom stereocenters. The van der Waals surface area contributed by atoms with Gasteiger partial charge in [0.05, 0.1) is 5.56 Å². The first-order valence-electron chi connectivity index (χ1n) is 5.39. The lowest BCUT2D eigenvalue weighted by molar-refractivity contribution is 0.0984. The Balaban J connectivity index is 2.31. The molecule has 2 aromatic carbocycles. The lowest BCUT2D eigenvalue weighted by Crippen LogP contribution is -2.10. The first-order chi connectivity index (χ1) is 8.97. The van der Waals surface area contributed by atoms with Gasteiger partial charge in [0.25, 0.3) is 0 Å². The van der Waals surface area contributed by atoms with Crippen LogP contribution in [0.3, 0.4) is 0 Å². The number of hydrogen-bond donors (Lipinski definition) is 0. The van der Waals surface area contributed by atoms with E-state index in [9.17, 15) is 22.4 Å². The van der Waals surface area contributed by atoms with Gasteiger partial charge in [-0.3, -0.25) is 4.79 Å². The van der Waals surface area contributed by atoms with Gasteiger partial charge in [0.2, 0.25) is 0 Å². The van der Waals surface area contributed by atoms with E-state index in [1.807, 2.05) is 0 Å². The number of carbonyl (C=O) groups is 1. The highest BCUT2D eigenvalue weighted by molar-refractivity contribution is 5.98. The largest absolute Gasteiger partial charge is 0.294 e.